The smallest absolute Gasteiger partial charge is 0.434 e. The fraction of sp³-hybridized carbons (Fsp3) is 0.963. The molecule has 0 unspecified atom stereocenters. The van der Waals surface area contributed by atoms with E-state index in [1.165, 1.54) is 116 Å². The van der Waals surface area contributed by atoms with E-state index in [2.05, 4.69) is 13.8 Å². The Morgan fingerprint density at radius 3 is 0.900 bits per heavy atom. The second kappa shape index (κ2) is 26.3. The number of carbonyl (C=O) groups is 1. The van der Waals surface area contributed by atoms with Gasteiger partial charge in [0.1, 0.15) is 0 Å². The predicted octanol–water partition coefficient (Wildman–Crippen LogP) is 9.76. The van der Waals surface area contributed by atoms with Crippen LogP contribution in [0.4, 0.5) is 4.79 Å². The van der Waals surface area contributed by atoms with E-state index in [9.17, 15) is 4.79 Å². The summed E-state index contributed by atoms with van der Waals surface area (Å²) >= 11 is 0. The minimum atomic E-state index is -0.482. The van der Waals surface area contributed by atoms with Crippen molar-refractivity contribution in [1.29, 1.82) is 0 Å². The maximum absolute atomic E-state index is 11.5. The molecule has 3 heteroatoms. The summed E-state index contributed by atoms with van der Waals surface area (Å²) in [6.45, 7) is 5.52. The molecule has 0 aromatic heterocycles. The zero-order valence-corrected chi connectivity index (χ0v) is 20.7. The van der Waals surface area contributed by atoms with Crippen LogP contribution in [-0.2, 0) is 9.47 Å². The molecule has 0 spiro atoms. The van der Waals surface area contributed by atoms with Crippen molar-refractivity contribution in [2.75, 3.05) is 13.2 Å². The monoisotopic (exact) mass is 426 g/mol. The molecule has 30 heavy (non-hydrogen) atoms. The van der Waals surface area contributed by atoms with Gasteiger partial charge in [0.2, 0.25) is 0 Å². The van der Waals surface area contributed by atoms with Crippen LogP contribution in [0.15, 0.2) is 0 Å². The van der Waals surface area contributed by atoms with Crippen molar-refractivity contribution >= 4 is 6.16 Å². The summed E-state index contributed by atoms with van der Waals surface area (Å²) in [6, 6.07) is 0. The quantitative estimate of drug-likeness (QED) is 0.114. The maximum atomic E-state index is 11.5. The van der Waals surface area contributed by atoms with Crippen molar-refractivity contribution in [2.24, 2.45) is 0 Å². The van der Waals surface area contributed by atoms with Crippen LogP contribution >= 0.6 is 0 Å². The molecule has 0 saturated carbocycles. The fourth-order valence-corrected chi connectivity index (χ4v) is 3.89. The van der Waals surface area contributed by atoms with E-state index < -0.39 is 6.16 Å². The molecule has 0 aliphatic heterocycles. The molecule has 0 heterocycles. The molecule has 0 aromatic rings. The van der Waals surface area contributed by atoms with Gasteiger partial charge in [0.25, 0.3) is 0 Å². The molecular formula is C27H54O3. The van der Waals surface area contributed by atoms with Crippen LogP contribution in [0.1, 0.15) is 155 Å². The molecule has 0 fully saturated rings. The van der Waals surface area contributed by atoms with Crippen molar-refractivity contribution in [3.63, 3.8) is 0 Å². The number of hydrogen-bond acceptors (Lipinski definition) is 3. The van der Waals surface area contributed by atoms with E-state index in [-0.39, 0.29) is 0 Å². The van der Waals surface area contributed by atoms with Crippen molar-refractivity contribution in [3.05, 3.63) is 0 Å². The summed E-state index contributed by atoms with van der Waals surface area (Å²) < 4.78 is 10.3. The second-order valence-electron chi connectivity index (χ2n) is 9.02. The Morgan fingerprint density at radius 1 is 0.400 bits per heavy atom. The largest absolute Gasteiger partial charge is 0.508 e. The van der Waals surface area contributed by atoms with Gasteiger partial charge in [0.05, 0.1) is 13.2 Å². The lowest BCUT2D eigenvalue weighted by molar-refractivity contribution is 0.0529. The summed E-state index contributed by atoms with van der Waals surface area (Å²) in [5, 5.41) is 0. The fourth-order valence-electron chi connectivity index (χ4n) is 3.89. The lowest BCUT2D eigenvalue weighted by atomic mass is 10.0. The molecule has 0 amide bonds. The Kier molecular flexibility index (Phi) is 25.7. The van der Waals surface area contributed by atoms with Crippen molar-refractivity contribution in [2.45, 2.75) is 155 Å². The van der Waals surface area contributed by atoms with Gasteiger partial charge < -0.3 is 9.47 Å². The highest BCUT2D eigenvalue weighted by molar-refractivity contribution is 5.59. The molecule has 3 nitrogen and oxygen atoms in total. The van der Waals surface area contributed by atoms with Crippen LogP contribution in [0, 0.1) is 0 Å². The molecule has 0 N–H and O–H groups in total. The van der Waals surface area contributed by atoms with Gasteiger partial charge in [-0.05, 0) is 12.8 Å². The molecular weight excluding hydrogens is 372 g/mol. The average molecular weight is 427 g/mol. The van der Waals surface area contributed by atoms with Gasteiger partial charge in [0.15, 0.2) is 0 Å². The third-order valence-electron chi connectivity index (χ3n) is 5.94. The first kappa shape index (κ1) is 29.3. The molecule has 0 bridgehead atoms. The number of carbonyl (C=O) groups excluding carboxylic acids is 1. The first-order valence-corrected chi connectivity index (χ1v) is 13.6. The Balaban J connectivity index is 3.11. The predicted molar refractivity (Wildman–Crippen MR) is 130 cm³/mol. The minimum Gasteiger partial charge on any atom is -0.434 e. The van der Waals surface area contributed by atoms with Crippen molar-refractivity contribution in [3.8, 4) is 0 Å². The van der Waals surface area contributed by atoms with Gasteiger partial charge >= 0.3 is 6.16 Å². The average Bonchev–Trinajstić information content (AvgIpc) is 2.75. The Hall–Kier alpha value is -0.730. The summed E-state index contributed by atoms with van der Waals surface area (Å²) in [5.74, 6) is 0. The van der Waals surface area contributed by atoms with Crippen LogP contribution in [0.5, 0.6) is 0 Å². The zero-order chi connectivity index (χ0) is 22.0. The first-order chi connectivity index (χ1) is 14.8. The van der Waals surface area contributed by atoms with Gasteiger partial charge in [-0.2, -0.15) is 0 Å². The van der Waals surface area contributed by atoms with Crippen LogP contribution < -0.4 is 0 Å². The van der Waals surface area contributed by atoms with Crippen molar-refractivity contribution < 1.29 is 14.3 Å². The standard InChI is InChI=1S/C27H54O3/c1-3-5-7-9-11-12-13-14-15-16-17-18-19-20-22-24-26-30-27(28)29-25-23-21-10-8-6-4-2/h3-26H2,1-2H3. The molecule has 0 aliphatic rings. The Morgan fingerprint density at radius 2 is 0.633 bits per heavy atom. The molecule has 0 rings (SSSR count). The molecule has 0 aromatic carbocycles. The second-order valence-corrected chi connectivity index (χ2v) is 9.02. The van der Waals surface area contributed by atoms with Crippen LogP contribution in [0.3, 0.4) is 0 Å². The normalized spacial score (nSPS) is 11.0. The zero-order valence-electron chi connectivity index (χ0n) is 20.7. The molecule has 0 saturated heterocycles. The maximum Gasteiger partial charge on any atom is 0.508 e. The first-order valence-electron chi connectivity index (χ1n) is 13.6. The SMILES string of the molecule is CCCCCCCCCCCCCCCCCCOC(=O)OCCCCCCCC. The van der Waals surface area contributed by atoms with E-state index in [0.717, 1.165) is 25.7 Å². The van der Waals surface area contributed by atoms with Crippen LogP contribution in [0.25, 0.3) is 0 Å². The molecule has 0 atom stereocenters. The number of rotatable bonds is 24. The summed E-state index contributed by atoms with van der Waals surface area (Å²) in [7, 11) is 0. The number of hydrogen-bond donors (Lipinski definition) is 0. The topological polar surface area (TPSA) is 35.5 Å². The minimum absolute atomic E-state index is 0.482. The van der Waals surface area contributed by atoms with Gasteiger partial charge in [-0.15, -0.1) is 0 Å². The summed E-state index contributed by atoms with van der Waals surface area (Å²) in [4.78, 5) is 11.5. The summed E-state index contributed by atoms with van der Waals surface area (Å²) in [6.07, 6.45) is 28.4. The van der Waals surface area contributed by atoms with Gasteiger partial charge in [-0.3, -0.25) is 0 Å². The lowest BCUT2D eigenvalue weighted by Gasteiger charge is -2.06. The highest BCUT2D eigenvalue weighted by Crippen LogP contribution is 2.13. The lowest BCUT2D eigenvalue weighted by Crippen LogP contribution is -2.09. The Labute approximate surface area is 189 Å². The number of ether oxygens (including phenoxy) is 2. The summed E-state index contributed by atoms with van der Waals surface area (Å²) in [5.41, 5.74) is 0. The van der Waals surface area contributed by atoms with Crippen LogP contribution in [0.2, 0.25) is 0 Å². The highest BCUT2D eigenvalue weighted by atomic mass is 16.7. The van der Waals surface area contributed by atoms with Gasteiger partial charge in [-0.1, -0.05) is 142 Å². The number of unbranched alkanes of at least 4 members (excludes halogenated alkanes) is 20. The third-order valence-corrected chi connectivity index (χ3v) is 5.94. The van der Waals surface area contributed by atoms with Crippen molar-refractivity contribution in [1.82, 2.24) is 0 Å². The van der Waals surface area contributed by atoms with Gasteiger partial charge in [0, 0.05) is 0 Å². The molecule has 0 aliphatic carbocycles. The highest BCUT2D eigenvalue weighted by Gasteiger charge is 2.03. The van der Waals surface area contributed by atoms with Gasteiger partial charge in [-0.25, -0.2) is 4.79 Å². The van der Waals surface area contributed by atoms with E-state index in [4.69, 9.17) is 9.47 Å². The van der Waals surface area contributed by atoms with E-state index in [0.29, 0.717) is 13.2 Å². The van der Waals surface area contributed by atoms with E-state index in [1.807, 2.05) is 0 Å². The molecule has 0 radical (unpaired) electrons. The molecule has 180 valence electrons. The van der Waals surface area contributed by atoms with E-state index >= 15 is 0 Å². The Bertz CT molecular complexity index is 330. The third kappa shape index (κ3) is 25.3. The van der Waals surface area contributed by atoms with Crippen LogP contribution in [-0.4, -0.2) is 19.4 Å². The van der Waals surface area contributed by atoms with E-state index in [1.54, 1.807) is 0 Å².